The van der Waals surface area contributed by atoms with E-state index < -0.39 is 0 Å². The van der Waals surface area contributed by atoms with E-state index in [1.807, 2.05) is 24.0 Å². The Balaban J connectivity index is 1.60. The van der Waals surface area contributed by atoms with Crippen LogP contribution < -0.4 is 15.5 Å². The van der Waals surface area contributed by atoms with Crippen LogP contribution in [0, 0.1) is 17.2 Å². The molecule has 3 N–H and O–H groups in total. The number of guanidine groups is 1. The SMILES string of the molecule is CCNC(=NCc1ccc(N2CCC(O)CC2)c(F)c1)NCC1CCCOC1C(C)(C)C. The number of anilines is 1. The zero-order valence-corrected chi connectivity index (χ0v) is 20.2. The summed E-state index contributed by atoms with van der Waals surface area (Å²) in [5, 5.41) is 16.5. The van der Waals surface area contributed by atoms with Crippen LogP contribution in [0.25, 0.3) is 0 Å². The van der Waals surface area contributed by atoms with Gasteiger partial charge in [0.2, 0.25) is 0 Å². The van der Waals surface area contributed by atoms with E-state index in [-0.39, 0.29) is 23.4 Å². The number of halogens is 1. The van der Waals surface area contributed by atoms with Crippen molar-refractivity contribution in [1.82, 2.24) is 10.6 Å². The van der Waals surface area contributed by atoms with Crippen LogP contribution in [0.3, 0.4) is 0 Å². The lowest BCUT2D eigenvalue weighted by atomic mass is 9.78. The van der Waals surface area contributed by atoms with E-state index in [2.05, 4.69) is 36.4 Å². The van der Waals surface area contributed by atoms with E-state index in [0.29, 0.717) is 44.1 Å². The first-order chi connectivity index (χ1) is 15.3. The highest BCUT2D eigenvalue weighted by molar-refractivity contribution is 5.79. The molecule has 2 heterocycles. The summed E-state index contributed by atoms with van der Waals surface area (Å²) in [4.78, 5) is 6.70. The summed E-state index contributed by atoms with van der Waals surface area (Å²) in [5.41, 5.74) is 1.56. The molecule has 1 aromatic carbocycles. The molecule has 2 aliphatic heterocycles. The van der Waals surface area contributed by atoms with Crippen LogP contribution in [0.4, 0.5) is 10.1 Å². The Kier molecular flexibility index (Phi) is 8.77. The molecule has 0 radical (unpaired) electrons. The minimum Gasteiger partial charge on any atom is -0.393 e. The van der Waals surface area contributed by atoms with E-state index >= 15 is 0 Å². The van der Waals surface area contributed by atoms with Gasteiger partial charge in [-0.25, -0.2) is 9.38 Å². The predicted molar refractivity (Wildman–Crippen MR) is 129 cm³/mol. The van der Waals surface area contributed by atoms with E-state index in [1.165, 1.54) is 0 Å². The number of ether oxygens (including phenoxy) is 1. The Morgan fingerprint density at radius 1 is 1.22 bits per heavy atom. The van der Waals surface area contributed by atoms with Crippen molar-refractivity contribution < 1.29 is 14.2 Å². The van der Waals surface area contributed by atoms with Crippen LogP contribution >= 0.6 is 0 Å². The van der Waals surface area contributed by atoms with Crippen LogP contribution in [0.1, 0.15) is 58.9 Å². The largest absolute Gasteiger partial charge is 0.393 e. The fraction of sp³-hybridized carbons (Fsp3) is 0.720. The lowest BCUT2D eigenvalue weighted by Gasteiger charge is -2.40. The Bertz CT molecular complexity index is 757. The first-order valence-electron chi connectivity index (χ1n) is 12.1. The average molecular weight is 449 g/mol. The highest BCUT2D eigenvalue weighted by Gasteiger charge is 2.35. The smallest absolute Gasteiger partial charge is 0.191 e. The molecule has 2 aliphatic rings. The molecular weight excluding hydrogens is 407 g/mol. The summed E-state index contributed by atoms with van der Waals surface area (Å²) in [6, 6.07) is 5.37. The summed E-state index contributed by atoms with van der Waals surface area (Å²) in [7, 11) is 0. The monoisotopic (exact) mass is 448 g/mol. The minimum atomic E-state index is -0.265. The topological polar surface area (TPSA) is 69.1 Å². The van der Waals surface area contributed by atoms with Gasteiger partial charge < -0.3 is 25.4 Å². The number of piperidine rings is 1. The fourth-order valence-electron chi connectivity index (χ4n) is 4.76. The summed E-state index contributed by atoms with van der Waals surface area (Å²) >= 11 is 0. The van der Waals surface area contributed by atoms with Gasteiger partial charge in [-0.1, -0.05) is 26.8 Å². The van der Waals surface area contributed by atoms with Gasteiger partial charge >= 0.3 is 0 Å². The van der Waals surface area contributed by atoms with Crippen molar-refractivity contribution in [3.05, 3.63) is 29.6 Å². The zero-order valence-electron chi connectivity index (χ0n) is 20.2. The molecule has 2 saturated heterocycles. The highest BCUT2D eigenvalue weighted by atomic mass is 19.1. The molecule has 2 unspecified atom stereocenters. The Morgan fingerprint density at radius 3 is 2.62 bits per heavy atom. The summed E-state index contributed by atoms with van der Waals surface area (Å²) in [6.07, 6.45) is 3.57. The second-order valence-electron chi connectivity index (χ2n) is 10.1. The molecule has 2 fully saturated rings. The van der Waals surface area contributed by atoms with Gasteiger partial charge in [0, 0.05) is 38.7 Å². The third kappa shape index (κ3) is 6.82. The van der Waals surface area contributed by atoms with Crippen LogP contribution in [0.2, 0.25) is 0 Å². The van der Waals surface area contributed by atoms with Crippen LogP contribution in [-0.4, -0.2) is 56.1 Å². The number of aliphatic hydroxyl groups is 1. The van der Waals surface area contributed by atoms with Crippen molar-refractivity contribution in [2.75, 3.05) is 37.7 Å². The number of nitrogens with one attached hydrogen (secondary N) is 2. The molecule has 0 amide bonds. The van der Waals surface area contributed by atoms with Crippen molar-refractivity contribution >= 4 is 11.6 Å². The zero-order chi connectivity index (χ0) is 23.1. The molecule has 32 heavy (non-hydrogen) atoms. The normalized spacial score (nSPS) is 23.3. The summed E-state index contributed by atoms with van der Waals surface area (Å²) in [6.45, 7) is 12.9. The van der Waals surface area contributed by atoms with Crippen molar-refractivity contribution in [1.29, 1.82) is 0 Å². The van der Waals surface area contributed by atoms with Crippen molar-refractivity contribution in [3.8, 4) is 0 Å². The maximum absolute atomic E-state index is 14.8. The maximum Gasteiger partial charge on any atom is 0.191 e. The van der Waals surface area contributed by atoms with Crippen molar-refractivity contribution in [3.63, 3.8) is 0 Å². The molecular formula is C25H41FN4O2. The van der Waals surface area contributed by atoms with E-state index in [4.69, 9.17) is 4.74 Å². The van der Waals surface area contributed by atoms with Gasteiger partial charge in [0.05, 0.1) is 24.4 Å². The van der Waals surface area contributed by atoms with E-state index in [9.17, 15) is 9.50 Å². The molecule has 0 spiro atoms. The molecule has 6 nitrogen and oxygen atoms in total. The fourth-order valence-corrected chi connectivity index (χ4v) is 4.76. The number of hydrogen-bond donors (Lipinski definition) is 3. The molecule has 1 aromatic rings. The molecule has 0 aliphatic carbocycles. The van der Waals surface area contributed by atoms with Crippen molar-refractivity contribution in [2.45, 2.75) is 72.1 Å². The van der Waals surface area contributed by atoms with Crippen LogP contribution in [-0.2, 0) is 11.3 Å². The molecule has 0 saturated carbocycles. The quantitative estimate of drug-likeness (QED) is 0.458. The number of rotatable bonds is 6. The van der Waals surface area contributed by atoms with E-state index in [1.54, 1.807) is 6.07 Å². The van der Waals surface area contributed by atoms with Gasteiger partial charge in [-0.15, -0.1) is 0 Å². The van der Waals surface area contributed by atoms with Gasteiger partial charge in [0.1, 0.15) is 5.82 Å². The molecule has 180 valence electrons. The number of aliphatic hydroxyl groups excluding tert-OH is 1. The Labute approximate surface area is 192 Å². The van der Waals surface area contributed by atoms with Gasteiger partial charge in [-0.2, -0.15) is 0 Å². The van der Waals surface area contributed by atoms with Gasteiger partial charge in [0.15, 0.2) is 5.96 Å². The standard InChI is InChI=1S/C25H41FN4O2/c1-5-27-24(29-17-19-7-6-14-32-23(19)25(2,3)4)28-16-18-8-9-22(21(26)15-18)30-12-10-20(31)11-13-30/h8-9,15,19-20,23,31H,5-7,10-14,16-17H2,1-4H3,(H2,27,28,29). The van der Waals surface area contributed by atoms with Gasteiger partial charge in [-0.3, -0.25) is 0 Å². The first-order valence-corrected chi connectivity index (χ1v) is 12.1. The highest BCUT2D eigenvalue weighted by Crippen LogP contribution is 2.33. The molecule has 7 heteroatoms. The van der Waals surface area contributed by atoms with Crippen LogP contribution in [0.15, 0.2) is 23.2 Å². The van der Waals surface area contributed by atoms with Gasteiger partial charge in [-0.05, 0) is 55.7 Å². The molecule has 0 aromatic heterocycles. The lowest BCUT2D eigenvalue weighted by Crippen LogP contribution is -2.47. The number of hydrogen-bond acceptors (Lipinski definition) is 4. The Hall–Kier alpha value is -1.86. The second kappa shape index (κ2) is 11.3. The van der Waals surface area contributed by atoms with E-state index in [0.717, 1.165) is 44.1 Å². The first kappa shape index (κ1) is 24.8. The van der Waals surface area contributed by atoms with Crippen molar-refractivity contribution in [2.24, 2.45) is 16.3 Å². The number of nitrogens with zero attached hydrogens (tertiary/aromatic N) is 2. The number of aliphatic imine (C=N–C) groups is 1. The molecule has 0 bridgehead atoms. The average Bonchev–Trinajstić information content (AvgIpc) is 2.76. The third-order valence-corrected chi connectivity index (χ3v) is 6.41. The lowest BCUT2D eigenvalue weighted by molar-refractivity contribution is -0.0835. The third-order valence-electron chi connectivity index (χ3n) is 6.41. The van der Waals surface area contributed by atoms with Gasteiger partial charge in [0.25, 0.3) is 0 Å². The molecule has 2 atom stereocenters. The second-order valence-corrected chi connectivity index (χ2v) is 10.1. The maximum atomic E-state index is 14.8. The van der Waals surface area contributed by atoms with Crippen LogP contribution in [0.5, 0.6) is 0 Å². The predicted octanol–water partition coefficient (Wildman–Crippen LogP) is 3.68. The Morgan fingerprint density at radius 2 is 1.97 bits per heavy atom. The number of benzene rings is 1. The molecule has 3 rings (SSSR count). The summed E-state index contributed by atoms with van der Waals surface area (Å²) in [5.74, 6) is 0.965. The minimum absolute atomic E-state index is 0.105. The summed E-state index contributed by atoms with van der Waals surface area (Å²) < 4.78 is 20.8.